The van der Waals surface area contributed by atoms with Crippen LogP contribution in [0, 0.1) is 6.92 Å². The van der Waals surface area contributed by atoms with Gasteiger partial charge in [0, 0.05) is 11.5 Å². The largest absolute Gasteiger partial charge is 0.352 e. The fourth-order valence-electron chi connectivity index (χ4n) is 1.63. The Morgan fingerprint density at radius 1 is 1.38 bits per heavy atom. The van der Waals surface area contributed by atoms with Crippen molar-refractivity contribution in [3.05, 3.63) is 45.7 Å². The number of hydrogen-bond donors (Lipinski definition) is 1. The van der Waals surface area contributed by atoms with E-state index in [0.717, 1.165) is 5.56 Å². The highest BCUT2D eigenvalue weighted by molar-refractivity contribution is 6.23. The van der Waals surface area contributed by atoms with E-state index >= 15 is 0 Å². The Morgan fingerprint density at radius 3 is 2.81 bits per heavy atom. The molecule has 4 heteroatoms. The molecule has 0 saturated heterocycles. The summed E-state index contributed by atoms with van der Waals surface area (Å²) in [5.41, 5.74) is 1.81. The molecule has 78 valence electrons. The molecule has 0 fully saturated rings. The number of hydrogen-bond acceptors (Lipinski definition) is 2. The number of benzene rings is 1. The number of carbonyl (C=O) groups excluding carboxylic acids is 1. The van der Waals surface area contributed by atoms with Crippen molar-refractivity contribution in [1.82, 2.24) is 4.98 Å². The molecule has 0 unspecified atom stereocenters. The zero-order chi connectivity index (χ0) is 11.7. The summed E-state index contributed by atoms with van der Waals surface area (Å²) in [5.74, 6) is -0.263. The van der Waals surface area contributed by atoms with Gasteiger partial charge in [-0.3, -0.25) is 9.59 Å². The number of aryl methyl sites for hydroxylation is 1. The van der Waals surface area contributed by atoms with Gasteiger partial charge in [0.05, 0.1) is 19.1 Å². The van der Waals surface area contributed by atoms with Gasteiger partial charge in [0.15, 0.2) is 11.2 Å². The maximum absolute atomic E-state index is 11.7. The van der Waals surface area contributed by atoms with Crippen molar-refractivity contribution in [3.63, 3.8) is 0 Å². The summed E-state index contributed by atoms with van der Waals surface area (Å²) in [6.07, 6.45) is -0.104. The summed E-state index contributed by atoms with van der Waals surface area (Å²) in [5, 5.41) is 0.583. The molecule has 0 aliphatic heterocycles. The summed E-state index contributed by atoms with van der Waals surface area (Å²) in [6, 6.07) is 6.75. The first-order chi connectivity index (χ1) is 7.61. The first kappa shape index (κ1) is 10.7. The van der Waals surface area contributed by atoms with E-state index < -0.39 is 0 Å². The van der Waals surface area contributed by atoms with E-state index in [2.05, 4.69) is 4.98 Å². The summed E-state index contributed by atoms with van der Waals surface area (Å²) < 4.78 is 0. The summed E-state index contributed by atoms with van der Waals surface area (Å²) >= 11 is 0. The van der Waals surface area contributed by atoms with Gasteiger partial charge in [-0.1, -0.05) is 6.07 Å². The average Bonchev–Trinajstić information content (AvgIpc) is 2.27. The molecule has 2 radical (unpaired) electrons. The smallest absolute Gasteiger partial charge is 0.190 e. The zero-order valence-corrected chi connectivity index (χ0v) is 8.91. The van der Waals surface area contributed by atoms with Crippen LogP contribution in [0.15, 0.2) is 29.1 Å². The molecular formula is C12H10BNO2. The van der Waals surface area contributed by atoms with Gasteiger partial charge < -0.3 is 4.98 Å². The molecule has 0 saturated carbocycles. The minimum absolute atomic E-state index is 0.104. The molecule has 0 aliphatic carbocycles. The van der Waals surface area contributed by atoms with Crippen LogP contribution in [0.3, 0.4) is 0 Å². The van der Waals surface area contributed by atoms with Gasteiger partial charge in [0.25, 0.3) is 0 Å². The highest BCUT2D eigenvalue weighted by Gasteiger charge is 2.07. The quantitative estimate of drug-likeness (QED) is 0.605. The minimum atomic E-state index is -0.263. The van der Waals surface area contributed by atoms with Gasteiger partial charge in [-0.25, -0.2) is 0 Å². The van der Waals surface area contributed by atoms with Crippen LogP contribution in [-0.2, 0) is 0 Å². The Labute approximate surface area is 93.9 Å². The first-order valence-corrected chi connectivity index (χ1v) is 4.99. The number of rotatable bonds is 2. The minimum Gasteiger partial charge on any atom is -0.352 e. The molecule has 2 aromatic rings. The van der Waals surface area contributed by atoms with Crippen LogP contribution in [0.25, 0.3) is 10.9 Å². The molecule has 0 aliphatic rings. The molecular weight excluding hydrogens is 201 g/mol. The number of ketones is 1. The van der Waals surface area contributed by atoms with Crippen LogP contribution in [0.1, 0.15) is 16.1 Å². The third kappa shape index (κ3) is 1.78. The van der Waals surface area contributed by atoms with E-state index in [1.165, 1.54) is 6.07 Å². The van der Waals surface area contributed by atoms with Crippen LogP contribution in [0.5, 0.6) is 0 Å². The van der Waals surface area contributed by atoms with Gasteiger partial charge in [0.2, 0.25) is 0 Å². The predicted molar refractivity (Wildman–Crippen MR) is 64.2 cm³/mol. The summed E-state index contributed by atoms with van der Waals surface area (Å²) in [7, 11) is 5.26. The second-order valence-electron chi connectivity index (χ2n) is 3.72. The standard InChI is InChI=1S/C12H10BNO2/c1-7-2-3-8-9(4-7)14-10(5-11(8)15)12(16)6-13/h2-5H,6H2,1H3,(H,14,15). The van der Waals surface area contributed by atoms with Crippen molar-refractivity contribution in [2.24, 2.45) is 0 Å². The van der Waals surface area contributed by atoms with Crippen molar-refractivity contribution in [2.75, 3.05) is 0 Å². The number of nitrogens with one attached hydrogen (secondary N) is 1. The van der Waals surface area contributed by atoms with E-state index in [0.29, 0.717) is 10.9 Å². The Bertz CT molecular complexity index is 616. The Kier molecular flexibility index (Phi) is 2.65. The van der Waals surface area contributed by atoms with Crippen LogP contribution < -0.4 is 5.43 Å². The topological polar surface area (TPSA) is 49.9 Å². The van der Waals surface area contributed by atoms with Gasteiger partial charge in [-0.05, 0) is 30.9 Å². The molecule has 0 amide bonds. The lowest BCUT2D eigenvalue weighted by atomic mass is 9.98. The van der Waals surface area contributed by atoms with Gasteiger partial charge in [-0.2, -0.15) is 0 Å². The second-order valence-corrected chi connectivity index (χ2v) is 3.72. The molecule has 0 spiro atoms. The normalized spacial score (nSPS) is 10.6. The molecule has 0 atom stereocenters. The van der Waals surface area contributed by atoms with E-state index in [1.807, 2.05) is 19.1 Å². The van der Waals surface area contributed by atoms with Crippen LogP contribution in [0.4, 0.5) is 0 Å². The molecule has 16 heavy (non-hydrogen) atoms. The van der Waals surface area contributed by atoms with E-state index in [-0.39, 0.29) is 23.2 Å². The molecule has 3 nitrogen and oxygen atoms in total. The third-order valence-electron chi connectivity index (χ3n) is 2.47. The van der Waals surface area contributed by atoms with Crippen LogP contribution in [-0.4, -0.2) is 18.6 Å². The number of aromatic amines is 1. The fraction of sp³-hybridized carbons (Fsp3) is 0.167. The van der Waals surface area contributed by atoms with E-state index in [9.17, 15) is 9.59 Å². The molecule has 1 aromatic heterocycles. The first-order valence-electron chi connectivity index (χ1n) is 4.99. The fourth-order valence-corrected chi connectivity index (χ4v) is 1.63. The van der Waals surface area contributed by atoms with Gasteiger partial charge in [0.1, 0.15) is 0 Å². The number of pyridine rings is 1. The van der Waals surface area contributed by atoms with Crippen molar-refractivity contribution in [2.45, 2.75) is 13.2 Å². The van der Waals surface area contributed by atoms with Crippen LogP contribution in [0.2, 0.25) is 6.32 Å². The summed E-state index contributed by atoms with van der Waals surface area (Å²) in [4.78, 5) is 26.0. The molecule has 1 N–H and O–H groups in total. The zero-order valence-electron chi connectivity index (χ0n) is 8.91. The number of H-pyrrole nitrogens is 1. The summed E-state index contributed by atoms with van der Waals surface area (Å²) in [6.45, 7) is 1.93. The maximum Gasteiger partial charge on any atom is 0.190 e. The number of fused-ring (bicyclic) bond motifs is 1. The van der Waals surface area contributed by atoms with Crippen molar-refractivity contribution in [3.8, 4) is 0 Å². The lowest BCUT2D eigenvalue weighted by Crippen LogP contribution is -2.09. The van der Waals surface area contributed by atoms with E-state index in [4.69, 9.17) is 7.85 Å². The third-order valence-corrected chi connectivity index (χ3v) is 2.47. The van der Waals surface area contributed by atoms with Crippen LogP contribution >= 0.6 is 0 Å². The van der Waals surface area contributed by atoms with Crippen molar-refractivity contribution < 1.29 is 4.79 Å². The lowest BCUT2D eigenvalue weighted by molar-refractivity contribution is 0.101. The average molecular weight is 211 g/mol. The molecule has 1 aromatic carbocycles. The number of Topliss-reactive ketones (excluding diaryl/α,β-unsaturated/α-hetero) is 1. The number of carbonyl (C=O) groups is 1. The molecule has 1 heterocycles. The predicted octanol–water partition coefficient (Wildman–Crippen LogP) is 1.61. The van der Waals surface area contributed by atoms with Gasteiger partial charge in [-0.15, -0.1) is 0 Å². The maximum atomic E-state index is 11.7. The molecule has 0 bridgehead atoms. The SMILES string of the molecule is [B]CC(=O)c1cc(=O)c2ccc(C)cc2[nH]1. The Hall–Kier alpha value is -1.84. The van der Waals surface area contributed by atoms with Gasteiger partial charge >= 0.3 is 0 Å². The number of aromatic nitrogens is 1. The van der Waals surface area contributed by atoms with Crippen molar-refractivity contribution >= 4 is 24.5 Å². The van der Waals surface area contributed by atoms with Crippen molar-refractivity contribution in [1.29, 1.82) is 0 Å². The van der Waals surface area contributed by atoms with E-state index in [1.54, 1.807) is 6.07 Å². The Morgan fingerprint density at radius 2 is 2.12 bits per heavy atom. The molecule has 2 rings (SSSR count). The Balaban J connectivity index is 2.75. The lowest BCUT2D eigenvalue weighted by Gasteiger charge is -2.03. The highest BCUT2D eigenvalue weighted by atomic mass is 16.1. The highest BCUT2D eigenvalue weighted by Crippen LogP contribution is 2.11. The second kappa shape index (κ2) is 3.97. The monoisotopic (exact) mass is 211 g/mol.